The number of para-hydroxylation sites is 1. The Morgan fingerprint density at radius 3 is 1.90 bits per heavy atom. The van der Waals surface area contributed by atoms with Crippen LogP contribution in [0.3, 0.4) is 0 Å². The zero-order valence-electron chi connectivity index (χ0n) is 13.6. The second kappa shape index (κ2) is 7.63. The normalized spacial score (nSPS) is 11.2. The van der Waals surface area contributed by atoms with Gasteiger partial charge in [-0.05, 0) is 41.1 Å². The summed E-state index contributed by atoms with van der Waals surface area (Å²) < 4.78 is 0. The highest BCUT2D eigenvalue weighted by Crippen LogP contribution is 2.32. The van der Waals surface area contributed by atoms with E-state index in [1.54, 1.807) is 0 Å². The summed E-state index contributed by atoms with van der Waals surface area (Å²) in [6.45, 7) is 14.1. The SMILES string of the molecule is CC(C)CNC(=S)Nc1c(C(C)C)cccc1C(C)C. The molecule has 0 radical (unpaired) electrons. The van der Waals surface area contributed by atoms with Gasteiger partial charge in [-0.25, -0.2) is 0 Å². The van der Waals surface area contributed by atoms with Gasteiger partial charge in [0.25, 0.3) is 0 Å². The minimum atomic E-state index is 0.476. The molecule has 1 aromatic carbocycles. The van der Waals surface area contributed by atoms with Gasteiger partial charge in [-0.2, -0.15) is 0 Å². The summed E-state index contributed by atoms with van der Waals surface area (Å²) in [4.78, 5) is 0. The Morgan fingerprint density at radius 2 is 1.50 bits per heavy atom. The van der Waals surface area contributed by atoms with E-state index in [-0.39, 0.29) is 0 Å². The van der Waals surface area contributed by atoms with Crippen LogP contribution in [0.1, 0.15) is 64.5 Å². The molecule has 112 valence electrons. The first-order valence-electron chi connectivity index (χ1n) is 7.50. The third-order valence-electron chi connectivity index (χ3n) is 3.28. The lowest BCUT2D eigenvalue weighted by Crippen LogP contribution is -2.32. The lowest BCUT2D eigenvalue weighted by Gasteiger charge is -2.22. The number of rotatable bonds is 5. The quantitative estimate of drug-likeness (QED) is 0.757. The number of anilines is 1. The van der Waals surface area contributed by atoms with Gasteiger partial charge in [0, 0.05) is 12.2 Å². The van der Waals surface area contributed by atoms with Crippen molar-refractivity contribution in [1.82, 2.24) is 5.32 Å². The Labute approximate surface area is 129 Å². The van der Waals surface area contributed by atoms with Crippen molar-refractivity contribution in [2.75, 3.05) is 11.9 Å². The highest BCUT2D eigenvalue weighted by atomic mass is 32.1. The summed E-state index contributed by atoms with van der Waals surface area (Å²) in [6, 6.07) is 6.51. The first-order valence-corrected chi connectivity index (χ1v) is 7.91. The van der Waals surface area contributed by atoms with Crippen molar-refractivity contribution in [3.05, 3.63) is 29.3 Å². The van der Waals surface area contributed by atoms with Crippen molar-refractivity contribution in [2.24, 2.45) is 5.92 Å². The van der Waals surface area contributed by atoms with Gasteiger partial charge in [0.1, 0.15) is 0 Å². The van der Waals surface area contributed by atoms with Crippen molar-refractivity contribution in [3.8, 4) is 0 Å². The van der Waals surface area contributed by atoms with E-state index < -0.39 is 0 Å². The van der Waals surface area contributed by atoms with E-state index in [0.717, 1.165) is 6.54 Å². The van der Waals surface area contributed by atoms with Crippen LogP contribution in [0.25, 0.3) is 0 Å². The molecular formula is C17H28N2S. The van der Waals surface area contributed by atoms with Gasteiger partial charge in [-0.3, -0.25) is 0 Å². The second-order valence-electron chi connectivity index (χ2n) is 6.35. The molecule has 2 N–H and O–H groups in total. The molecule has 0 fully saturated rings. The van der Waals surface area contributed by atoms with Crippen LogP contribution in [0, 0.1) is 5.92 Å². The van der Waals surface area contributed by atoms with E-state index in [0.29, 0.717) is 22.9 Å². The summed E-state index contributed by atoms with van der Waals surface area (Å²) in [5.74, 6) is 1.54. The molecule has 1 rings (SSSR count). The minimum absolute atomic E-state index is 0.476. The molecule has 0 unspecified atom stereocenters. The molecule has 0 atom stereocenters. The van der Waals surface area contributed by atoms with E-state index in [2.05, 4.69) is 70.4 Å². The smallest absolute Gasteiger partial charge is 0.170 e. The molecule has 0 saturated carbocycles. The lowest BCUT2D eigenvalue weighted by atomic mass is 9.93. The van der Waals surface area contributed by atoms with Crippen molar-refractivity contribution in [2.45, 2.75) is 53.4 Å². The Hall–Kier alpha value is -1.09. The van der Waals surface area contributed by atoms with Crippen molar-refractivity contribution in [1.29, 1.82) is 0 Å². The third kappa shape index (κ3) is 4.78. The molecule has 0 saturated heterocycles. The molecule has 0 spiro atoms. The Morgan fingerprint density at radius 1 is 1.00 bits per heavy atom. The van der Waals surface area contributed by atoms with E-state index in [1.165, 1.54) is 16.8 Å². The molecule has 0 amide bonds. The van der Waals surface area contributed by atoms with Gasteiger partial charge in [-0.1, -0.05) is 59.7 Å². The summed E-state index contributed by atoms with van der Waals surface area (Å²) in [7, 11) is 0. The van der Waals surface area contributed by atoms with Crippen molar-refractivity contribution in [3.63, 3.8) is 0 Å². The van der Waals surface area contributed by atoms with Gasteiger partial charge >= 0.3 is 0 Å². The summed E-state index contributed by atoms with van der Waals surface area (Å²) in [6.07, 6.45) is 0. The summed E-state index contributed by atoms with van der Waals surface area (Å²) in [5.41, 5.74) is 3.83. The molecule has 1 aromatic rings. The maximum atomic E-state index is 5.42. The number of hydrogen-bond acceptors (Lipinski definition) is 1. The molecule has 0 aliphatic rings. The predicted octanol–water partition coefficient (Wildman–Crippen LogP) is 4.88. The Kier molecular flexibility index (Phi) is 6.47. The fraction of sp³-hybridized carbons (Fsp3) is 0.588. The zero-order chi connectivity index (χ0) is 15.3. The topological polar surface area (TPSA) is 24.1 Å². The molecule has 0 bridgehead atoms. The lowest BCUT2D eigenvalue weighted by molar-refractivity contribution is 0.627. The van der Waals surface area contributed by atoms with Crippen molar-refractivity contribution >= 4 is 23.0 Å². The molecule has 2 nitrogen and oxygen atoms in total. The third-order valence-corrected chi connectivity index (χ3v) is 3.53. The van der Waals surface area contributed by atoms with E-state index in [1.807, 2.05) is 0 Å². The standard InChI is InChI=1S/C17H28N2S/c1-11(2)10-18-17(20)19-16-14(12(3)4)8-7-9-15(16)13(5)6/h7-9,11-13H,10H2,1-6H3,(H2,18,19,20). The minimum Gasteiger partial charge on any atom is -0.362 e. The van der Waals surface area contributed by atoms with E-state index in [9.17, 15) is 0 Å². The predicted molar refractivity (Wildman–Crippen MR) is 93.7 cm³/mol. The molecule has 20 heavy (non-hydrogen) atoms. The fourth-order valence-corrected chi connectivity index (χ4v) is 2.34. The van der Waals surface area contributed by atoms with Gasteiger partial charge < -0.3 is 10.6 Å². The van der Waals surface area contributed by atoms with Crippen LogP contribution in [0.15, 0.2) is 18.2 Å². The highest BCUT2D eigenvalue weighted by Gasteiger charge is 2.14. The number of nitrogens with one attached hydrogen (secondary N) is 2. The maximum Gasteiger partial charge on any atom is 0.170 e. The summed E-state index contributed by atoms with van der Waals surface area (Å²) >= 11 is 5.42. The largest absolute Gasteiger partial charge is 0.362 e. The molecule has 0 heterocycles. The fourth-order valence-electron chi connectivity index (χ4n) is 2.15. The van der Waals surface area contributed by atoms with E-state index in [4.69, 9.17) is 12.2 Å². The molecular weight excluding hydrogens is 264 g/mol. The molecule has 3 heteroatoms. The number of hydrogen-bond donors (Lipinski definition) is 2. The second-order valence-corrected chi connectivity index (χ2v) is 6.76. The first-order chi connectivity index (χ1) is 9.32. The monoisotopic (exact) mass is 292 g/mol. The van der Waals surface area contributed by atoms with Crippen LogP contribution in [0.4, 0.5) is 5.69 Å². The van der Waals surface area contributed by atoms with Gasteiger partial charge in [0.15, 0.2) is 5.11 Å². The first kappa shape index (κ1) is 17.0. The van der Waals surface area contributed by atoms with E-state index >= 15 is 0 Å². The molecule has 0 aliphatic carbocycles. The number of thiocarbonyl (C=S) groups is 1. The van der Waals surface area contributed by atoms with Gasteiger partial charge in [0.2, 0.25) is 0 Å². The Bertz CT molecular complexity index is 424. The Balaban J connectivity index is 2.99. The van der Waals surface area contributed by atoms with Crippen LogP contribution in [-0.4, -0.2) is 11.7 Å². The average Bonchev–Trinajstić information content (AvgIpc) is 2.36. The zero-order valence-corrected chi connectivity index (χ0v) is 14.4. The van der Waals surface area contributed by atoms with Crippen LogP contribution in [-0.2, 0) is 0 Å². The van der Waals surface area contributed by atoms with Gasteiger partial charge in [0.05, 0.1) is 0 Å². The average molecular weight is 292 g/mol. The summed E-state index contributed by atoms with van der Waals surface area (Å²) in [5, 5.41) is 7.42. The molecule has 0 aromatic heterocycles. The van der Waals surface area contributed by atoms with Crippen LogP contribution in [0.5, 0.6) is 0 Å². The molecule has 0 aliphatic heterocycles. The highest BCUT2D eigenvalue weighted by molar-refractivity contribution is 7.80. The number of benzene rings is 1. The maximum absolute atomic E-state index is 5.42. The van der Waals surface area contributed by atoms with Gasteiger partial charge in [-0.15, -0.1) is 0 Å². The van der Waals surface area contributed by atoms with Crippen molar-refractivity contribution < 1.29 is 0 Å². The van der Waals surface area contributed by atoms with Crippen LogP contribution in [0.2, 0.25) is 0 Å². The van der Waals surface area contributed by atoms with Crippen LogP contribution < -0.4 is 10.6 Å². The van der Waals surface area contributed by atoms with Crippen LogP contribution >= 0.6 is 12.2 Å².